The van der Waals surface area contributed by atoms with Gasteiger partial charge in [0.1, 0.15) is 21.8 Å². The Morgan fingerprint density at radius 3 is 2.05 bits per heavy atom. The van der Waals surface area contributed by atoms with Crippen molar-refractivity contribution in [1.29, 1.82) is 0 Å². The lowest BCUT2D eigenvalue weighted by Gasteiger charge is -2.36. The molecule has 0 bridgehead atoms. The summed E-state index contributed by atoms with van der Waals surface area (Å²) in [6.45, 7) is 3.19. The maximum absolute atomic E-state index is 10.6. The van der Waals surface area contributed by atoms with Gasteiger partial charge in [-0.25, -0.2) is 8.42 Å². The molecule has 0 aliphatic rings. The third kappa shape index (κ3) is 6.93. The first-order valence-electron chi connectivity index (χ1n) is 6.41. The van der Waals surface area contributed by atoms with Crippen molar-refractivity contribution in [3.8, 4) is 0 Å². The van der Waals surface area contributed by atoms with Crippen LogP contribution in [0.3, 0.4) is 0 Å². The summed E-state index contributed by atoms with van der Waals surface area (Å²) in [4.78, 5) is 1.29. The van der Waals surface area contributed by atoms with Gasteiger partial charge in [-0.2, -0.15) is 0 Å². The van der Waals surface area contributed by atoms with Gasteiger partial charge in [-0.15, -0.1) is 0 Å². The van der Waals surface area contributed by atoms with Gasteiger partial charge in [0.05, 0.1) is 13.2 Å². The van der Waals surface area contributed by atoms with E-state index in [1.54, 1.807) is 0 Å². The minimum atomic E-state index is -4.91. The minimum absolute atomic E-state index is 0.00919. The van der Waals surface area contributed by atoms with Crippen LogP contribution in [0.1, 0.15) is 26.7 Å². The van der Waals surface area contributed by atoms with E-state index in [9.17, 15) is 28.3 Å². The van der Waals surface area contributed by atoms with Crippen LogP contribution in [0.15, 0.2) is 0 Å². The lowest BCUT2D eigenvalue weighted by Crippen LogP contribution is -2.49. The van der Waals surface area contributed by atoms with Crippen molar-refractivity contribution in [2.75, 3.05) is 19.8 Å². The topological polar surface area (TPSA) is 141 Å². The molecule has 0 spiro atoms. The van der Waals surface area contributed by atoms with Crippen LogP contribution >= 0.6 is 0 Å². The third-order valence-electron chi connectivity index (χ3n) is 2.91. The molecule has 0 aliphatic carbocycles. The van der Waals surface area contributed by atoms with Crippen molar-refractivity contribution >= 4 is 10.1 Å². The summed E-state index contributed by atoms with van der Waals surface area (Å²) in [6, 6.07) is -0.501. The number of hydrogen-bond acceptors (Lipinski definition) is 8. The zero-order valence-electron chi connectivity index (χ0n) is 11.7. The standard InChI is InChI=1S/C11H25NO7S/c1-8(2)5-9(7-14)12(3-4-13)10(15)6-11(16)20(17,18)19/h8-11,13-16H,3-7H2,1-2H3,(H,17,18,19)/p-1. The molecule has 0 fully saturated rings. The van der Waals surface area contributed by atoms with Gasteiger partial charge in [-0.1, -0.05) is 13.8 Å². The van der Waals surface area contributed by atoms with Crippen LogP contribution in [-0.4, -0.2) is 75.8 Å². The molecule has 0 aromatic carbocycles. The molecule has 9 heteroatoms. The number of aliphatic hydroxyl groups excluding tert-OH is 4. The SMILES string of the molecule is CC(C)CC(CO)N(CCO)C(O)CC(O)S(=O)(=O)[O-]. The monoisotopic (exact) mass is 314 g/mol. The summed E-state index contributed by atoms with van der Waals surface area (Å²) in [5.41, 5.74) is -2.22. The second-order valence-electron chi connectivity index (χ2n) is 5.09. The largest absolute Gasteiger partial charge is 0.746 e. The first-order chi connectivity index (χ1) is 9.13. The molecule has 0 saturated carbocycles. The summed E-state index contributed by atoms with van der Waals surface area (Å²) in [5, 5.41) is 37.4. The van der Waals surface area contributed by atoms with Crippen molar-refractivity contribution in [2.24, 2.45) is 5.92 Å². The summed E-state index contributed by atoms with van der Waals surface area (Å²) in [7, 11) is -4.91. The van der Waals surface area contributed by atoms with E-state index in [1.165, 1.54) is 4.90 Å². The number of hydrogen-bond donors (Lipinski definition) is 4. The van der Waals surface area contributed by atoms with Crippen LogP contribution in [0.2, 0.25) is 0 Å². The molecule has 122 valence electrons. The molecule has 8 nitrogen and oxygen atoms in total. The maximum atomic E-state index is 10.6. The van der Waals surface area contributed by atoms with Crippen molar-refractivity contribution in [3.63, 3.8) is 0 Å². The molecule has 0 aromatic heterocycles. The fourth-order valence-electron chi connectivity index (χ4n) is 1.98. The van der Waals surface area contributed by atoms with Gasteiger partial charge in [0.15, 0.2) is 0 Å². The maximum Gasteiger partial charge on any atom is 0.147 e. The van der Waals surface area contributed by atoms with Crippen molar-refractivity contribution < 1.29 is 33.4 Å². The van der Waals surface area contributed by atoms with Crippen LogP contribution in [-0.2, 0) is 10.1 Å². The minimum Gasteiger partial charge on any atom is -0.746 e. The first kappa shape index (κ1) is 19.7. The van der Waals surface area contributed by atoms with Crippen LogP contribution in [0.4, 0.5) is 0 Å². The highest BCUT2D eigenvalue weighted by molar-refractivity contribution is 7.86. The molecule has 0 heterocycles. The first-order valence-corrected chi connectivity index (χ1v) is 7.88. The van der Waals surface area contributed by atoms with Gasteiger partial charge < -0.3 is 25.0 Å². The average molecular weight is 314 g/mol. The van der Waals surface area contributed by atoms with Gasteiger partial charge in [0.25, 0.3) is 0 Å². The van der Waals surface area contributed by atoms with Gasteiger partial charge in [0.2, 0.25) is 0 Å². The Morgan fingerprint density at radius 1 is 1.15 bits per heavy atom. The molecule has 3 atom stereocenters. The highest BCUT2D eigenvalue weighted by Gasteiger charge is 2.28. The molecular formula is C11H24NO7S-. The van der Waals surface area contributed by atoms with Crippen molar-refractivity contribution in [3.05, 3.63) is 0 Å². The number of nitrogens with zero attached hydrogens (tertiary/aromatic N) is 1. The van der Waals surface area contributed by atoms with E-state index < -0.39 is 34.2 Å². The second-order valence-corrected chi connectivity index (χ2v) is 6.62. The highest BCUT2D eigenvalue weighted by Crippen LogP contribution is 2.17. The summed E-state index contributed by atoms with van der Waals surface area (Å²) < 4.78 is 31.9. The van der Waals surface area contributed by atoms with Gasteiger partial charge >= 0.3 is 0 Å². The Hall–Kier alpha value is -0.290. The van der Waals surface area contributed by atoms with Crippen molar-refractivity contribution in [1.82, 2.24) is 4.90 Å². The molecular weight excluding hydrogens is 290 g/mol. The second kappa shape index (κ2) is 8.88. The predicted molar refractivity (Wildman–Crippen MR) is 70.4 cm³/mol. The molecule has 0 aliphatic heterocycles. The zero-order valence-corrected chi connectivity index (χ0v) is 12.5. The Labute approximate surface area is 119 Å². The number of rotatable bonds is 10. The van der Waals surface area contributed by atoms with Crippen LogP contribution in [0.25, 0.3) is 0 Å². The molecule has 3 unspecified atom stereocenters. The fourth-order valence-corrected chi connectivity index (χ4v) is 2.39. The lowest BCUT2D eigenvalue weighted by molar-refractivity contribution is -0.0659. The molecule has 20 heavy (non-hydrogen) atoms. The Morgan fingerprint density at radius 2 is 1.70 bits per heavy atom. The summed E-state index contributed by atoms with van der Waals surface area (Å²) in [5.74, 6) is 0.203. The van der Waals surface area contributed by atoms with Crippen LogP contribution in [0.5, 0.6) is 0 Å². The van der Waals surface area contributed by atoms with E-state index in [1.807, 2.05) is 13.8 Å². The van der Waals surface area contributed by atoms with E-state index in [-0.39, 0.29) is 25.7 Å². The molecule has 0 radical (unpaired) electrons. The Balaban J connectivity index is 4.87. The van der Waals surface area contributed by atoms with E-state index >= 15 is 0 Å². The normalized spacial score (nSPS) is 17.4. The van der Waals surface area contributed by atoms with E-state index in [0.29, 0.717) is 6.42 Å². The smallest absolute Gasteiger partial charge is 0.147 e. The van der Waals surface area contributed by atoms with Gasteiger partial charge in [-0.05, 0) is 12.3 Å². The van der Waals surface area contributed by atoms with Gasteiger partial charge in [-0.3, -0.25) is 4.90 Å². The Kier molecular flexibility index (Phi) is 8.75. The van der Waals surface area contributed by atoms with E-state index in [0.717, 1.165) is 0 Å². The molecule has 0 amide bonds. The lowest BCUT2D eigenvalue weighted by atomic mass is 10.0. The Bertz CT molecular complexity index is 360. The molecule has 4 N–H and O–H groups in total. The number of aliphatic hydroxyl groups is 4. The molecule has 0 rings (SSSR count). The molecule has 0 aromatic rings. The summed E-state index contributed by atoms with van der Waals surface area (Å²) >= 11 is 0. The zero-order chi connectivity index (χ0) is 15.9. The van der Waals surface area contributed by atoms with Crippen LogP contribution in [0, 0.1) is 5.92 Å². The third-order valence-corrected chi connectivity index (χ3v) is 3.77. The summed E-state index contributed by atoms with van der Waals surface area (Å²) in [6.07, 6.45) is -1.63. The fraction of sp³-hybridized carbons (Fsp3) is 1.00. The van der Waals surface area contributed by atoms with E-state index in [2.05, 4.69) is 0 Å². The quantitative estimate of drug-likeness (QED) is 0.275. The predicted octanol–water partition coefficient (Wildman–Crippen LogP) is -1.74. The van der Waals surface area contributed by atoms with Gasteiger partial charge in [0, 0.05) is 19.0 Å². The average Bonchev–Trinajstić information content (AvgIpc) is 2.31. The van der Waals surface area contributed by atoms with Crippen LogP contribution < -0.4 is 0 Å². The molecule has 0 saturated heterocycles. The van der Waals surface area contributed by atoms with E-state index in [4.69, 9.17) is 5.11 Å². The highest BCUT2D eigenvalue weighted by atomic mass is 32.2. The van der Waals surface area contributed by atoms with Crippen molar-refractivity contribution in [2.45, 2.75) is 44.4 Å².